The van der Waals surface area contributed by atoms with E-state index in [1.54, 1.807) is 0 Å². The van der Waals surface area contributed by atoms with Gasteiger partial charge in [-0.05, 0) is 24.3 Å². The van der Waals surface area contributed by atoms with Crippen molar-refractivity contribution in [2.24, 2.45) is 0 Å². The largest absolute Gasteiger partial charge is 0.573 e. The zero-order chi connectivity index (χ0) is 17.4. The van der Waals surface area contributed by atoms with E-state index >= 15 is 0 Å². The van der Waals surface area contributed by atoms with Crippen molar-refractivity contribution in [1.29, 1.82) is 0 Å². The maximum atomic E-state index is 12.0. The first-order valence-corrected chi connectivity index (χ1v) is 7.59. The number of benzene rings is 1. The van der Waals surface area contributed by atoms with Crippen molar-refractivity contribution >= 4 is 11.6 Å². The lowest BCUT2D eigenvalue weighted by atomic mass is 10.3. The number of carbonyl (C=O) groups is 1. The summed E-state index contributed by atoms with van der Waals surface area (Å²) in [6.07, 6.45) is -4.73. The maximum Gasteiger partial charge on any atom is 0.573 e. The van der Waals surface area contributed by atoms with E-state index in [0.29, 0.717) is 12.2 Å². The van der Waals surface area contributed by atoms with Gasteiger partial charge in [0.2, 0.25) is 5.91 Å². The normalized spacial score (nSPS) is 16.0. The molecule has 6 nitrogen and oxygen atoms in total. The molecule has 0 aliphatic carbocycles. The summed E-state index contributed by atoms with van der Waals surface area (Å²) in [7, 11) is 0. The minimum absolute atomic E-state index is 0.130. The minimum atomic E-state index is -4.73. The van der Waals surface area contributed by atoms with E-state index < -0.39 is 6.36 Å². The number of nitrogens with zero attached hydrogens (tertiary/aromatic N) is 1. The van der Waals surface area contributed by atoms with Crippen molar-refractivity contribution in [3.63, 3.8) is 0 Å². The zero-order valence-corrected chi connectivity index (χ0v) is 13.1. The number of ether oxygens (including phenoxy) is 2. The summed E-state index contributed by atoms with van der Waals surface area (Å²) < 4.78 is 45.2. The van der Waals surface area contributed by atoms with Crippen molar-refractivity contribution in [2.45, 2.75) is 6.36 Å². The molecule has 1 aromatic carbocycles. The first-order valence-electron chi connectivity index (χ1n) is 7.59. The molecule has 0 bridgehead atoms. The number of rotatable bonds is 7. The summed E-state index contributed by atoms with van der Waals surface area (Å²) in [4.78, 5) is 14.0. The van der Waals surface area contributed by atoms with Crippen molar-refractivity contribution in [1.82, 2.24) is 10.2 Å². The fraction of sp³-hybridized carbons (Fsp3) is 0.533. The number of hydrogen-bond acceptors (Lipinski definition) is 5. The van der Waals surface area contributed by atoms with Gasteiger partial charge in [-0.25, -0.2) is 0 Å². The van der Waals surface area contributed by atoms with Crippen LogP contribution >= 0.6 is 0 Å². The van der Waals surface area contributed by atoms with Crippen molar-refractivity contribution < 1.29 is 27.4 Å². The van der Waals surface area contributed by atoms with Crippen LogP contribution in [0.4, 0.5) is 18.9 Å². The van der Waals surface area contributed by atoms with Crippen LogP contribution in [0.15, 0.2) is 24.3 Å². The molecule has 1 aliphatic heterocycles. The molecule has 0 unspecified atom stereocenters. The number of hydrogen-bond donors (Lipinski definition) is 2. The molecule has 2 N–H and O–H groups in total. The van der Waals surface area contributed by atoms with Crippen LogP contribution in [0.3, 0.4) is 0 Å². The van der Waals surface area contributed by atoms with E-state index in [-0.39, 0.29) is 18.2 Å². The second-order valence-electron chi connectivity index (χ2n) is 5.25. The highest BCUT2D eigenvalue weighted by atomic mass is 19.4. The van der Waals surface area contributed by atoms with Crippen molar-refractivity contribution in [3.8, 4) is 5.75 Å². The molecule has 0 saturated carbocycles. The summed E-state index contributed by atoms with van der Waals surface area (Å²) in [6.45, 7) is 4.88. The highest BCUT2D eigenvalue weighted by molar-refractivity contribution is 5.92. The molecule has 134 valence electrons. The highest BCUT2D eigenvalue weighted by Crippen LogP contribution is 2.23. The molecular weight excluding hydrogens is 327 g/mol. The Morgan fingerprint density at radius 3 is 2.50 bits per heavy atom. The molecule has 24 heavy (non-hydrogen) atoms. The third kappa shape index (κ3) is 7.16. The Morgan fingerprint density at radius 1 is 1.21 bits per heavy atom. The van der Waals surface area contributed by atoms with Gasteiger partial charge in [-0.1, -0.05) is 0 Å². The zero-order valence-electron chi connectivity index (χ0n) is 13.1. The summed E-state index contributed by atoms with van der Waals surface area (Å²) in [5.41, 5.74) is 0.407. The van der Waals surface area contributed by atoms with Gasteiger partial charge in [-0.2, -0.15) is 0 Å². The van der Waals surface area contributed by atoms with Gasteiger partial charge in [0.25, 0.3) is 0 Å². The fourth-order valence-corrected chi connectivity index (χ4v) is 2.21. The highest BCUT2D eigenvalue weighted by Gasteiger charge is 2.30. The minimum Gasteiger partial charge on any atom is -0.406 e. The molecule has 0 spiro atoms. The monoisotopic (exact) mass is 347 g/mol. The summed E-state index contributed by atoms with van der Waals surface area (Å²) in [6, 6.07) is 5.00. The van der Waals surface area contributed by atoms with Gasteiger partial charge in [0.1, 0.15) is 5.75 Å². The summed E-state index contributed by atoms with van der Waals surface area (Å²) in [5.74, 6) is -0.592. The molecule has 1 heterocycles. The van der Waals surface area contributed by atoms with Gasteiger partial charge in [-0.15, -0.1) is 13.2 Å². The van der Waals surface area contributed by atoms with E-state index in [1.165, 1.54) is 12.1 Å². The Kier molecular flexibility index (Phi) is 6.83. The van der Waals surface area contributed by atoms with Crippen LogP contribution in [0.5, 0.6) is 5.75 Å². The number of nitrogens with one attached hydrogen (secondary N) is 2. The average Bonchev–Trinajstić information content (AvgIpc) is 2.53. The van der Waals surface area contributed by atoms with Crippen LogP contribution in [0.1, 0.15) is 0 Å². The van der Waals surface area contributed by atoms with Crippen LogP contribution in [0, 0.1) is 0 Å². The predicted octanol–water partition coefficient (Wildman–Crippen LogP) is 1.45. The first-order chi connectivity index (χ1) is 11.4. The van der Waals surface area contributed by atoms with Crippen molar-refractivity contribution in [2.75, 3.05) is 51.3 Å². The number of anilines is 1. The molecular formula is C15H20F3N3O3. The number of halogens is 3. The first kappa shape index (κ1) is 18.5. The molecule has 0 atom stereocenters. The Morgan fingerprint density at radius 2 is 1.88 bits per heavy atom. The lowest BCUT2D eigenvalue weighted by molar-refractivity contribution is -0.274. The van der Waals surface area contributed by atoms with Crippen molar-refractivity contribution in [3.05, 3.63) is 24.3 Å². The second kappa shape index (κ2) is 8.86. The van der Waals surface area contributed by atoms with Crippen LogP contribution in [0.25, 0.3) is 0 Å². The topological polar surface area (TPSA) is 62.8 Å². The molecule has 1 amide bonds. The Bertz CT molecular complexity index is 517. The molecule has 1 saturated heterocycles. The predicted molar refractivity (Wildman–Crippen MR) is 81.9 cm³/mol. The Hall–Kier alpha value is -1.84. The lowest BCUT2D eigenvalue weighted by Gasteiger charge is -2.26. The fourth-order valence-electron chi connectivity index (χ4n) is 2.21. The maximum absolute atomic E-state index is 12.0. The molecule has 1 fully saturated rings. The van der Waals surface area contributed by atoms with Crippen LogP contribution in [0.2, 0.25) is 0 Å². The number of carbonyl (C=O) groups excluding carboxylic acids is 1. The second-order valence-corrected chi connectivity index (χ2v) is 5.25. The molecule has 1 aromatic rings. The number of amides is 1. The van der Waals surface area contributed by atoms with Gasteiger partial charge >= 0.3 is 6.36 Å². The van der Waals surface area contributed by atoms with Gasteiger partial charge in [0.05, 0.1) is 19.8 Å². The average molecular weight is 347 g/mol. The van der Waals surface area contributed by atoms with Gasteiger partial charge in [-0.3, -0.25) is 9.69 Å². The lowest BCUT2D eigenvalue weighted by Crippen LogP contribution is -2.41. The Labute approximate surface area is 137 Å². The quantitative estimate of drug-likeness (QED) is 0.731. The number of alkyl halides is 3. The van der Waals surface area contributed by atoms with Gasteiger partial charge < -0.3 is 20.1 Å². The van der Waals surface area contributed by atoms with E-state index in [0.717, 1.165) is 45.0 Å². The standard InChI is InChI=1S/C15H20F3N3O3/c16-15(17,18)24-13-3-1-12(2-4-13)20-14(22)11-19-5-6-21-7-9-23-10-8-21/h1-4,19H,5-11H2,(H,20,22). The summed E-state index contributed by atoms with van der Waals surface area (Å²) >= 11 is 0. The van der Waals surface area contributed by atoms with E-state index in [9.17, 15) is 18.0 Å². The number of morpholine rings is 1. The van der Waals surface area contributed by atoms with Gasteiger partial charge in [0, 0.05) is 31.9 Å². The van der Waals surface area contributed by atoms with Crippen LogP contribution < -0.4 is 15.4 Å². The molecule has 1 aliphatic rings. The van der Waals surface area contributed by atoms with Crippen LogP contribution in [-0.4, -0.2) is 63.1 Å². The molecule has 0 aromatic heterocycles. The third-order valence-electron chi connectivity index (χ3n) is 3.37. The Balaban J connectivity index is 1.64. The van der Waals surface area contributed by atoms with E-state index in [1.807, 2.05) is 0 Å². The van der Waals surface area contributed by atoms with Crippen LogP contribution in [-0.2, 0) is 9.53 Å². The van der Waals surface area contributed by atoms with E-state index in [4.69, 9.17) is 4.74 Å². The van der Waals surface area contributed by atoms with Gasteiger partial charge in [0.15, 0.2) is 0 Å². The summed E-state index contributed by atoms with van der Waals surface area (Å²) in [5, 5.41) is 5.63. The third-order valence-corrected chi connectivity index (χ3v) is 3.37. The molecule has 9 heteroatoms. The van der Waals surface area contributed by atoms with E-state index in [2.05, 4.69) is 20.3 Å². The molecule has 2 rings (SSSR count). The smallest absolute Gasteiger partial charge is 0.406 e. The SMILES string of the molecule is O=C(CNCCN1CCOCC1)Nc1ccc(OC(F)(F)F)cc1. The molecule has 0 radical (unpaired) electrons.